The third-order valence-corrected chi connectivity index (χ3v) is 2.32. The quantitative estimate of drug-likeness (QED) is 0.363. The van der Waals surface area contributed by atoms with Crippen LogP contribution in [0, 0.1) is 0 Å². The van der Waals surface area contributed by atoms with Gasteiger partial charge < -0.3 is 9.90 Å². The Labute approximate surface area is 88.5 Å². The average molecular weight is 290 g/mol. The molecular formula is C7H5IN3O2. The minimum absolute atomic E-state index is 0.0219. The topological polar surface area (TPSA) is 61.6 Å². The van der Waals surface area contributed by atoms with Crippen LogP contribution in [0.2, 0.25) is 0 Å². The molecule has 6 heteroatoms. The van der Waals surface area contributed by atoms with Crippen LogP contribution in [0.1, 0.15) is 0 Å². The lowest BCUT2D eigenvalue weighted by molar-refractivity contribution is -0.299. The lowest BCUT2D eigenvalue weighted by Gasteiger charge is -2.14. The predicted octanol–water partition coefficient (Wildman–Crippen LogP) is -0.733. The number of carboxylic acid groups (broad SMARTS) is 1. The number of carbonyl (C=O) groups is 1. The molecule has 0 saturated carbocycles. The zero-order valence-electron chi connectivity index (χ0n) is 6.48. The zero-order valence-corrected chi connectivity index (χ0v) is 8.63. The van der Waals surface area contributed by atoms with Gasteiger partial charge in [-0.2, -0.15) is 4.99 Å². The summed E-state index contributed by atoms with van der Waals surface area (Å²) in [5.74, 6) is -0.595. The van der Waals surface area contributed by atoms with Gasteiger partial charge in [0.1, 0.15) is 0 Å². The van der Waals surface area contributed by atoms with Crippen molar-refractivity contribution in [3.05, 3.63) is 24.2 Å². The van der Waals surface area contributed by atoms with Gasteiger partial charge in [-0.25, -0.2) is 0 Å². The van der Waals surface area contributed by atoms with E-state index in [1.54, 1.807) is 11.0 Å². The molecule has 2 aliphatic rings. The number of hydrogen-bond donors (Lipinski definition) is 0. The second-order valence-electron chi connectivity index (χ2n) is 2.60. The molecule has 2 rings (SSSR count). The van der Waals surface area contributed by atoms with Crippen molar-refractivity contribution < 1.29 is 9.90 Å². The Hall–Kier alpha value is -0.890. The molecule has 0 bridgehead atoms. The van der Waals surface area contributed by atoms with Crippen molar-refractivity contribution in [1.82, 2.24) is 8.01 Å². The Morgan fingerprint density at radius 2 is 2.54 bits per heavy atom. The molecule has 67 valence electrons. The minimum Gasteiger partial charge on any atom is -0.543 e. The van der Waals surface area contributed by atoms with Gasteiger partial charge in [-0.1, -0.05) is 4.90 Å². The minimum atomic E-state index is -1.24. The van der Waals surface area contributed by atoms with Gasteiger partial charge in [0, 0.05) is 12.3 Å². The molecule has 0 fully saturated rings. The van der Waals surface area contributed by atoms with Crippen LogP contribution >= 0.6 is 22.9 Å². The third kappa shape index (κ3) is 1.59. The molecule has 0 N–H and O–H groups in total. The van der Waals surface area contributed by atoms with Crippen molar-refractivity contribution in [1.29, 1.82) is 0 Å². The monoisotopic (exact) mass is 290 g/mol. The number of carboxylic acids is 1. The summed E-state index contributed by atoms with van der Waals surface area (Å²) >= 11 is 2.12. The summed E-state index contributed by atoms with van der Waals surface area (Å²) < 4.78 is 1.89. The summed E-state index contributed by atoms with van der Waals surface area (Å²) in [6, 6.07) is 0. The highest BCUT2D eigenvalue weighted by atomic mass is 127. The molecule has 0 spiro atoms. The van der Waals surface area contributed by atoms with Gasteiger partial charge in [0.2, 0.25) is 6.67 Å². The van der Waals surface area contributed by atoms with E-state index in [-0.39, 0.29) is 5.70 Å². The van der Waals surface area contributed by atoms with Crippen molar-refractivity contribution >= 4 is 34.7 Å². The van der Waals surface area contributed by atoms with E-state index in [4.69, 9.17) is 0 Å². The van der Waals surface area contributed by atoms with Crippen LogP contribution < -0.4 is 10.0 Å². The largest absolute Gasteiger partial charge is 0.543 e. The Kier molecular flexibility index (Phi) is 2.08. The second kappa shape index (κ2) is 3.11. The van der Waals surface area contributed by atoms with E-state index >= 15 is 0 Å². The average Bonchev–Trinajstić information content (AvgIpc) is 2.46. The molecule has 0 aromatic carbocycles. The summed E-state index contributed by atoms with van der Waals surface area (Å²) in [5.41, 5.74) is -0.0219. The number of hydrogen-bond acceptors (Lipinski definition) is 5. The molecule has 0 amide bonds. The maximum atomic E-state index is 10.5. The van der Waals surface area contributed by atoms with Crippen molar-refractivity contribution in [3.8, 4) is 0 Å². The number of rotatable bonds is 1. The van der Waals surface area contributed by atoms with Crippen molar-refractivity contribution in [2.75, 3.05) is 6.67 Å². The molecule has 13 heavy (non-hydrogen) atoms. The van der Waals surface area contributed by atoms with Crippen molar-refractivity contribution in [3.63, 3.8) is 0 Å². The first-order valence-electron chi connectivity index (χ1n) is 3.56. The van der Waals surface area contributed by atoms with E-state index in [2.05, 4.69) is 27.9 Å². The molecule has 5 nitrogen and oxygen atoms in total. The SMILES string of the molecule is O=C([O-])C1=C[N+]2CN(I)C=CC2=N1. The highest BCUT2D eigenvalue weighted by Gasteiger charge is 2.31. The fourth-order valence-electron chi connectivity index (χ4n) is 1.12. The molecule has 0 saturated heterocycles. The highest BCUT2D eigenvalue weighted by Crippen LogP contribution is 2.16. The summed E-state index contributed by atoms with van der Waals surface area (Å²) in [4.78, 5) is 16.1. The normalized spacial score (nSPS) is 21.2. The molecule has 1 radical (unpaired) electrons. The van der Waals surface area contributed by atoms with E-state index in [9.17, 15) is 9.90 Å². The number of aliphatic carboxylic acids is 1. The molecule has 0 aromatic rings. The molecule has 2 aliphatic heterocycles. The van der Waals surface area contributed by atoms with Gasteiger partial charge in [0.15, 0.2) is 11.9 Å². The first-order chi connectivity index (χ1) is 6.16. The number of fused-ring (bicyclic) bond motifs is 1. The maximum Gasteiger partial charge on any atom is 0.285 e. The number of amidine groups is 1. The summed E-state index contributed by atoms with van der Waals surface area (Å²) in [7, 11) is 0. The van der Waals surface area contributed by atoms with Gasteiger partial charge in [-0.15, -0.1) is 0 Å². The van der Waals surface area contributed by atoms with Crippen molar-refractivity contribution in [2.45, 2.75) is 0 Å². The number of halogens is 1. The standard InChI is InChI=1S/C7H6IN3O2/c8-11-2-1-6-9-5(7(12)13)3-10(6)4-11/h1-3H,4H2,(H,12,13)/q+1/p-1. The van der Waals surface area contributed by atoms with E-state index < -0.39 is 5.97 Å². The zero-order chi connectivity index (χ0) is 9.42. The Morgan fingerprint density at radius 3 is 3.23 bits per heavy atom. The maximum absolute atomic E-state index is 10.5. The van der Waals surface area contributed by atoms with Crippen LogP contribution in [0.5, 0.6) is 0 Å². The van der Waals surface area contributed by atoms with Crippen LogP contribution in [-0.4, -0.2) is 21.6 Å². The van der Waals surface area contributed by atoms with Crippen LogP contribution in [0.25, 0.3) is 0 Å². The van der Waals surface area contributed by atoms with Crippen LogP contribution in [0.4, 0.5) is 0 Å². The number of nitrogens with zero attached hydrogens (tertiary/aromatic N) is 3. The second-order valence-corrected chi connectivity index (χ2v) is 3.84. The first kappa shape index (κ1) is 8.70. The molecule has 0 unspecified atom stereocenters. The van der Waals surface area contributed by atoms with E-state index in [0.29, 0.717) is 12.5 Å². The summed E-state index contributed by atoms with van der Waals surface area (Å²) in [6.45, 7) is 0.604. The van der Waals surface area contributed by atoms with Gasteiger partial charge in [-0.05, 0) is 0 Å². The highest BCUT2D eigenvalue weighted by molar-refractivity contribution is 14.1. The van der Waals surface area contributed by atoms with Gasteiger partial charge >= 0.3 is 0 Å². The van der Waals surface area contributed by atoms with Gasteiger partial charge in [-0.3, -0.25) is 3.11 Å². The van der Waals surface area contributed by atoms with Crippen LogP contribution in [-0.2, 0) is 4.79 Å². The van der Waals surface area contributed by atoms with Gasteiger partial charge in [0.25, 0.3) is 5.84 Å². The predicted molar refractivity (Wildman–Crippen MR) is 52.5 cm³/mol. The molecule has 0 aliphatic carbocycles. The van der Waals surface area contributed by atoms with Crippen LogP contribution in [0.3, 0.4) is 0 Å². The lowest BCUT2D eigenvalue weighted by atomic mass is 10.4. The molecular weight excluding hydrogens is 285 g/mol. The van der Waals surface area contributed by atoms with E-state index in [1.807, 2.05) is 9.31 Å². The number of carbonyl (C=O) groups excluding carboxylic acids is 1. The lowest BCUT2D eigenvalue weighted by Crippen LogP contribution is -2.37. The smallest absolute Gasteiger partial charge is 0.285 e. The molecule has 0 atom stereocenters. The molecule has 2 heterocycles. The van der Waals surface area contributed by atoms with Crippen molar-refractivity contribution in [2.24, 2.45) is 4.99 Å². The Bertz CT molecular complexity index is 348. The Morgan fingerprint density at radius 1 is 1.77 bits per heavy atom. The fraction of sp³-hybridized carbons (Fsp3) is 0.143. The summed E-state index contributed by atoms with van der Waals surface area (Å²) in [6.07, 6.45) is 5.06. The Balaban J connectivity index is 2.27. The van der Waals surface area contributed by atoms with E-state index in [0.717, 1.165) is 0 Å². The van der Waals surface area contributed by atoms with Gasteiger partial charge in [0.05, 0.1) is 28.8 Å². The third-order valence-electron chi connectivity index (χ3n) is 1.69. The summed E-state index contributed by atoms with van der Waals surface area (Å²) in [5, 5.41) is 10.5. The van der Waals surface area contributed by atoms with E-state index in [1.165, 1.54) is 6.20 Å². The first-order valence-corrected chi connectivity index (χ1v) is 4.52. The molecule has 0 aromatic heterocycles. The van der Waals surface area contributed by atoms with Crippen LogP contribution in [0.15, 0.2) is 29.2 Å². The fourth-order valence-corrected chi connectivity index (χ4v) is 1.60. The number of aliphatic imine (C=N–C) groups is 1.